The third kappa shape index (κ3) is 4.74. The summed E-state index contributed by atoms with van der Waals surface area (Å²) in [6, 6.07) is 4.20. The van der Waals surface area contributed by atoms with Crippen LogP contribution < -0.4 is 5.32 Å². The fraction of sp³-hybridized carbons (Fsp3) is 0.429. The Morgan fingerprint density at radius 2 is 1.95 bits per heavy atom. The fourth-order valence-electron chi connectivity index (χ4n) is 1.63. The predicted octanol–water partition coefficient (Wildman–Crippen LogP) is 2.03. The van der Waals surface area contributed by atoms with Gasteiger partial charge >= 0.3 is 0 Å². The van der Waals surface area contributed by atoms with E-state index in [1.807, 2.05) is 20.8 Å². The van der Waals surface area contributed by atoms with Crippen LogP contribution in [-0.2, 0) is 4.79 Å². The Hall–Kier alpha value is -1.75. The number of halogens is 1. The van der Waals surface area contributed by atoms with Crippen LogP contribution >= 0.6 is 11.6 Å². The molecule has 0 spiro atoms. The lowest BCUT2D eigenvalue weighted by molar-refractivity contribution is -0.122. The lowest BCUT2D eigenvalue weighted by Crippen LogP contribution is -2.46. The Morgan fingerprint density at radius 3 is 2.50 bits per heavy atom. The normalized spacial score (nSPS) is 11.1. The zero-order chi connectivity index (χ0) is 15.5. The van der Waals surface area contributed by atoms with E-state index < -0.39 is 5.91 Å². The van der Waals surface area contributed by atoms with Gasteiger partial charge in [0.2, 0.25) is 5.91 Å². The van der Waals surface area contributed by atoms with Crippen LogP contribution in [0, 0.1) is 0 Å². The minimum absolute atomic E-state index is 0.0727. The number of carbonyl (C=O) groups is 2. The van der Waals surface area contributed by atoms with Crippen molar-refractivity contribution in [2.75, 3.05) is 13.6 Å². The highest BCUT2D eigenvalue weighted by molar-refractivity contribution is 6.31. The van der Waals surface area contributed by atoms with Crippen LogP contribution in [0.25, 0.3) is 0 Å². The quantitative estimate of drug-likeness (QED) is 0.897. The summed E-state index contributed by atoms with van der Waals surface area (Å²) in [5.41, 5.74) is -0.289. The van der Waals surface area contributed by atoms with E-state index in [-0.39, 0.29) is 29.3 Å². The number of amides is 2. The molecule has 0 saturated heterocycles. The Morgan fingerprint density at radius 1 is 1.35 bits per heavy atom. The number of hydrogen-bond donors (Lipinski definition) is 2. The average molecular weight is 299 g/mol. The largest absolute Gasteiger partial charge is 0.507 e. The SMILES string of the molecule is CN(CC(=O)NC(C)(C)C)C(=O)c1cc(Cl)ccc1O. The van der Waals surface area contributed by atoms with Crippen molar-refractivity contribution in [2.24, 2.45) is 0 Å². The first-order valence-corrected chi connectivity index (χ1v) is 6.53. The van der Waals surface area contributed by atoms with Gasteiger partial charge in [-0.2, -0.15) is 0 Å². The third-order valence-electron chi connectivity index (χ3n) is 2.43. The molecule has 1 aromatic rings. The molecule has 0 aliphatic heterocycles. The first kappa shape index (κ1) is 16.3. The first-order chi connectivity index (χ1) is 9.10. The van der Waals surface area contributed by atoms with Gasteiger partial charge in [-0.15, -0.1) is 0 Å². The molecule has 1 aromatic carbocycles. The molecule has 20 heavy (non-hydrogen) atoms. The summed E-state index contributed by atoms with van der Waals surface area (Å²) in [7, 11) is 1.49. The van der Waals surface area contributed by atoms with Crippen LogP contribution in [0.1, 0.15) is 31.1 Å². The zero-order valence-electron chi connectivity index (χ0n) is 12.0. The van der Waals surface area contributed by atoms with Gasteiger partial charge in [0.15, 0.2) is 0 Å². The molecule has 5 nitrogen and oxygen atoms in total. The molecule has 2 amide bonds. The number of aromatic hydroxyl groups is 1. The molecule has 0 fully saturated rings. The third-order valence-corrected chi connectivity index (χ3v) is 2.67. The summed E-state index contributed by atoms with van der Waals surface area (Å²) in [6.45, 7) is 5.47. The van der Waals surface area contributed by atoms with Crippen LogP contribution in [0.3, 0.4) is 0 Å². The van der Waals surface area contributed by atoms with E-state index in [9.17, 15) is 14.7 Å². The topological polar surface area (TPSA) is 69.6 Å². The molecule has 1 rings (SSSR count). The first-order valence-electron chi connectivity index (χ1n) is 6.15. The zero-order valence-corrected chi connectivity index (χ0v) is 12.8. The van der Waals surface area contributed by atoms with E-state index in [1.165, 1.54) is 30.1 Å². The van der Waals surface area contributed by atoms with E-state index in [2.05, 4.69) is 5.32 Å². The van der Waals surface area contributed by atoms with Gasteiger partial charge in [-0.05, 0) is 39.0 Å². The van der Waals surface area contributed by atoms with Crippen molar-refractivity contribution < 1.29 is 14.7 Å². The van der Waals surface area contributed by atoms with Crippen LogP contribution in [0.15, 0.2) is 18.2 Å². The van der Waals surface area contributed by atoms with Gasteiger partial charge in [0.05, 0.1) is 12.1 Å². The molecular formula is C14H19ClN2O3. The smallest absolute Gasteiger partial charge is 0.257 e. The van der Waals surface area contributed by atoms with Crippen LogP contribution in [-0.4, -0.2) is 41.0 Å². The van der Waals surface area contributed by atoms with E-state index >= 15 is 0 Å². The van der Waals surface area contributed by atoms with E-state index in [1.54, 1.807) is 0 Å². The highest BCUT2D eigenvalue weighted by Gasteiger charge is 2.20. The minimum Gasteiger partial charge on any atom is -0.507 e. The summed E-state index contributed by atoms with van der Waals surface area (Å²) in [6.07, 6.45) is 0. The number of phenolic OH excluding ortho intramolecular Hbond substituents is 1. The maximum absolute atomic E-state index is 12.1. The van der Waals surface area contributed by atoms with Crippen molar-refractivity contribution in [3.05, 3.63) is 28.8 Å². The molecule has 0 saturated carbocycles. The van der Waals surface area contributed by atoms with E-state index in [0.717, 1.165) is 0 Å². The summed E-state index contributed by atoms with van der Waals surface area (Å²) in [5.74, 6) is -0.897. The van der Waals surface area contributed by atoms with Gasteiger partial charge in [-0.3, -0.25) is 9.59 Å². The Bertz CT molecular complexity index is 524. The van der Waals surface area contributed by atoms with Gasteiger partial charge in [-0.25, -0.2) is 0 Å². The molecule has 0 aliphatic carbocycles. The minimum atomic E-state index is -0.464. The fourth-order valence-corrected chi connectivity index (χ4v) is 1.80. The van der Waals surface area contributed by atoms with Crippen molar-refractivity contribution in [1.82, 2.24) is 10.2 Å². The second kappa shape index (κ2) is 6.13. The average Bonchev–Trinajstić information content (AvgIpc) is 2.28. The number of likely N-dealkylation sites (N-methyl/N-ethyl adjacent to an activating group) is 1. The van der Waals surface area contributed by atoms with Crippen LogP contribution in [0.4, 0.5) is 0 Å². The van der Waals surface area contributed by atoms with Gasteiger partial charge < -0.3 is 15.3 Å². The van der Waals surface area contributed by atoms with Gasteiger partial charge in [0.1, 0.15) is 5.75 Å². The molecule has 0 aromatic heterocycles. The van der Waals surface area contributed by atoms with E-state index in [0.29, 0.717) is 5.02 Å². The molecule has 0 heterocycles. The Labute approximate surface area is 123 Å². The highest BCUT2D eigenvalue weighted by Crippen LogP contribution is 2.22. The number of phenols is 1. The van der Waals surface area contributed by atoms with Crippen molar-refractivity contribution in [3.63, 3.8) is 0 Å². The molecule has 2 N–H and O–H groups in total. The van der Waals surface area contributed by atoms with Crippen LogP contribution in [0.5, 0.6) is 5.75 Å². The Balaban J connectivity index is 2.77. The van der Waals surface area contributed by atoms with Crippen molar-refractivity contribution in [2.45, 2.75) is 26.3 Å². The summed E-state index contributed by atoms with van der Waals surface area (Å²) in [4.78, 5) is 25.1. The molecule has 6 heteroatoms. The molecule has 0 aliphatic rings. The predicted molar refractivity (Wildman–Crippen MR) is 78.0 cm³/mol. The number of benzene rings is 1. The second-order valence-corrected chi connectivity index (χ2v) is 6.06. The van der Waals surface area contributed by atoms with Gasteiger partial charge in [-0.1, -0.05) is 11.6 Å². The number of hydrogen-bond acceptors (Lipinski definition) is 3. The summed E-state index contributed by atoms with van der Waals surface area (Å²) in [5, 5.41) is 12.8. The molecule has 0 bridgehead atoms. The standard InChI is InChI=1S/C14H19ClN2O3/c1-14(2,3)16-12(19)8-17(4)13(20)10-7-9(15)5-6-11(10)18/h5-7,18H,8H2,1-4H3,(H,16,19). The number of nitrogens with one attached hydrogen (secondary N) is 1. The molecule has 110 valence electrons. The Kier molecular flexibility index (Phi) is 5.00. The molecule has 0 unspecified atom stereocenters. The second-order valence-electron chi connectivity index (χ2n) is 5.62. The van der Waals surface area contributed by atoms with Gasteiger partial charge in [0.25, 0.3) is 5.91 Å². The van der Waals surface area contributed by atoms with Crippen molar-refractivity contribution in [1.29, 1.82) is 0 Å². The lowest BCUT2D eigenvalue weighted by Gasteiger charge is -2.23. The molecular weight excluding hydrogens is 280 g/mol. The highest BCUT2D eigenvalue weighted by atomic mass is 35.5. The molecule has 0 radical (unpaired) electrons. The monoisotopic (exact) mass is 298 g/mol. The number of carbonyl (C=O) groups excluding carboxylic acids is 2. The number of nitrogens with zero attached hydrogens (tertiary/aromatic N) is 1. The van der Waals surface area contributed by atoms with Crippen LogP contribution in [0.2, 0.25) is 5.02 Å². The molecule has 0 atom stereocenters. The van der Waals surface area contributed by atoms with Crippen molar-refractivity contribution >= 4 is 23.4 Å². The number of rotatable bonds is 3. The van der Waals surface area contributed by atoms with Crippen molar-refractivity contribution in [3.8, 4) is 5.75 Å². The van der Waals surface area contributed by atoms with E-state index in [4.69, 9.17) is 11.6 Å². The summed E-state index contributed by atoms with van der Waals surface area (Å²) >= 11 is 5.80. The summed E-state index contributed by atoms with van der Waals surface area (Å²) < 4.78 is 0. The maximum atomic E-state index is 12.1. The van der Waals surface area contributed by atoms with Gasteiger partial charge in [0, 0.05) is 17.6 Å². The maximum Gasteiger partial charge on any atom is 0.257 e. The lowest BCUT2D eigenvalue weighted by atomic mass is 10.1.